The Balaban J connectivity index is 1.84. The van der Waals surface area contributed by atoms with E-state index in [1.807, 2.05) is 0 Å². The number of rotatable bonds is 3. The van der Waals surface area contributed by atoms with Crippen molar-refractivity contribution in [3.8, 4) is 0 Å². The van der Waals surface area contributed by atoms with Crippen LogP contribution in [0.1, 0.15) is 5.56 Å². The third-order valence-electron chi connectivity index (χ3n) is 3.17. The predicted molar refractivity (Wildman–Crippen MR) is 82.3 cm³/mol. The van der Waals surface area contributed by atoms with Crippen LogP contribution >= 0.6 is 0 Å². The SMILES string of the molecule is NS(=O)(=O)c1ccc(N/C=C2\C(=O)Nc3ccncc32)cc1. The molecule has 0 aliphatic carbocycles. The first kappa shape index (κ1) is 14.2. The minimum atomic E-state index is -3.71. The lowest BCUT2D eigenvalue weighted by molar-refractivity contribution is -0.110. The first-order chi connectivity index (χ1) is 10.4. The van der Waals surface area contributed by atoms with Gasteiger partial charge in [-0.3, -0.25) is 9.78 Å². The molecule has 1 aliphatic rings. The van der Waals surface area contributed by atoms with Crippen LogP contribution in [0, 0.1) is 0 Å². The molecule has 0 radical (unpaired) electrons. The maximum Gasteiger partial charge on any atom is 0.257 e. The topological polar surface area (TPSA) is 114 Å². The van der Waals surface area contributed by atoms with Gasteiger partial charge in [0.2, 0.25) is 10.0 Å². The Bertz CT molecular complexity index is 873. The Morgan fingerprint density at radius 2 is 1.91 bits per heavy atom. The molecule has 112 valence electrons. The number of carbonyl (C=O) groups excluding carboxylic acids is 1. The van der Waals surface area contributed by atoms with Crippen LogP contribution < -0.4 is 15.8 Å². The normalized spacial score (nSPS) is 15.5. The first-order valence-electron chi connectivity index (χ1n) is 6.30. The average Bonchev–Trinajstić information content (AvgIpc) is 2.80. The molecule has 4 N–H and O–H groups in total. The summed E-state index contributed by atoms with van der Waals surface area (Å²) in [5, 5.41) is 10.7. The lowest BCUT2D eigenvalue weighted by atomic mass is 10.1. The molecule has 0 unspecified atom stereocenters. The molecule has 2 heterocycles. The fourth-order valence-corrected chi connectivity index (χ4v) is 2.59. The standard InChI is InChI=1S/C14H12N4O3S/c15-22(20,21)10-3-1-9(2-4-10)17-8-12-11-7-16-6-5-13(11)18-14(12)19/h1-8,17H,(H,18,19)(H2,15,20,21)/b12-8-. The van der Waals surface area contributed by atoms with Gasteiger partial charge in [-0.25, -0.2) is 13.6 Å². The van der Waals surface area contributed by atoms with Gasteiger partial charge in [-0.15, -0.1) is 0 Å². The number of hydrogen-bond donors (Lipinski definition) is 3. The van der Waals surface area contributed by atoms with Gasteiger partial charge in [0, 0.05) is 29.8 Å². The molecule has 1 amide bonds. The molecule has 0 saturated heterocycles. The number of primary sulfonamides is 1. The number of amides is 1. The highest BCUT2D eigenvalue weighted by Crippen LogP contribution is 2.30. The van der Waals surface area contributed by atoms with Crippen LogP contribution in [0.3, 0.4) is 0 Å². The van der Waals surface area contributed by atoms with Crippen molar-refractivity contribution in [3.63, 3.8) is 0 Å². The summed E-state index contributed by atoms with van der Waals surface area (Å²) in [4.78, 5) is 15.9. The summed E-state index contributed by atoms with van der Waals surface area (Å²) in [7, 11) is -3.71. The van der Waals surface area contributed by atoms with Crippen LogP contribution in [-0.4, -0.2) is 19.3 Å². The number of hydrogen-bond acceptors (Lipinski definition) is 5. The Hall–Kier alpha value is -2.71. The van der Waals surface area contributed by atoms with Gasteiger partial charge < -0.3 is 10.6 Å². The van der Waals surface area contributed by atoms with Gasteiger partial charge in [0.05, 0.1) is 16.2 Å². The number of nitrogens with zero attached hydrogens (tertiary/aromatic N) is 1. The second kappa shape index (κ2) is 5.24. The molecule has 7 nitrogen and oxygen atoms in total. The van der Waals surface area contributed by atoms with Crippen molar-refractivity contribution in [1.29, 1.82) is 0 Å². The number of fused-ring (bicyclic) bond motifs is 1. The number of benzene rings is 1. The van der Waals surface area contributed by atoms with Crippen LogP contribution in [0.4, 0.5) is 11.4 Å². The number of pyridine rings is 1. The maximum absolute atomic E-state index is 11.9. The zero-order valence-corrected chi connectivity index (χ0v) is 12.1. The van der Waals surface area contributed by atoms with E-state index in [-0.39, 0.29) is 10.8 Å². The summed E-state index contributed by atoms with van der Waals surface area (Å²) >= 11 is 0. The number of aromatic nitrogens is 1. The van der Waals surface area contributed by atoms with Gasteiger partial charge in [0.1, 0.15) is 0 Å². The van der Waals surface area contributed by atoms with Gasteiger partial charge in [0.25, 0.3) is 5.91 Å². The molecule has 0 spiro atoms. The van der Waals surface area contributed by atoms with Crippen LogP contribution in [0.25, 0.3) is 5.57 Å². The molecular weight excluding hydrogens is 304 g/mol. The quantitative estimate of drug-likeness (QED) is 0.735. The highest BCUT2D eigenvalue weighted by molar-refractivity contribution is 7.89. The molecule has 0 fully saturated rings. The third kappa shape index (κ3) is 2.69. The zero-order valence-electron chi connectivity index (χ0n) is 11.3. The summed E-state index contributed by atoms with van der Waals surface area (Å²) in [6.07, 6.45) is 4.75. The third-order valence-corrected chi connectivity index (χ3v) is 4.10. The Morgan fingerprint density at radius 3 is 2.59 bits per heavy atom. The zero-order chi connectivity index (χ0) is 15.7. The van der Waals surface area contributed by atoms with Crippen LogP contribution in [-0.2, 0) is 14.8 Å². The Labute approximate surface area is 126 Å². The number of nitrogens with two attached hydrogens (primary N) is 1. The van der Waals surface area contributed by atoms with Gasteiger partial charge in [0.15, 0.2) is 0 Å². The smallest absolute Gasteiger partial charge is 0.257 e. The molecule has 0 saturated carbocycles. The van der Waals surface area contributed by atoms with Crippen molar-refractivity contribution in [2.75, 3.05) is 10.6 Å². The Morgan fingerprint density at radius 1 is 1.18 bits per heavy atom. The molecule has 1 aliphatic heterocycles. The summed E-state index contributed by atoms with van der Waals surface area (Å²) in [6, 6.07) is 7.62. The first-order valence-corrected chi connectivity index (χ1v) is 7.85. The number of sulfonamides is 1. The van der Waals surface area contributed by atoms with E-state index in [2.05, 4.69) is 15.6 Å². The van der Waals surface area contributed by atoms with E-state index in [1.54, 1.807) is 36.8 Å². The van der Waals surface area contributed by atoms with Crippen molar-refractivity contribution < 1.29 is 13.2 Å². The molecule has 2 aromatic rings. The van der Waals surface area contributed by atoms with Gasteiger partial charge in [-0.05, 0) is 30.3 Å². The number of anilines is 2. The summed E-state index contributed by atoms with van der Waals surface area (Å²) < 4.78 is 22.4. The lowest BCUT2D eigenvalue weighted by Gasteiger charge is -2.03. The highest BCUT2D eigenvalue weighted by Gasteiger charge is 2.23. The van der Waals surface area contributed by atoms with Crippen LogP contribution in [0.15, 0.2) is 53.8 Å². The van der Waals surface area contributed by atoms with E-state index >= 15 is 0 Å². The van der Waals surface area contributed by atoms with E-state index < -0.39 is 10.0 Å². The summed E-state index contributed by atoms with van der Waals surface area (Å²) in [5.41, 5.74) is 2.50. The average molecular weight is 316 g/mol. The van der Waals surface area contributed by atoms with Crippen LogP contribution in [0.5, 0.6) is 0 Å². The predicted octanol–water partition coefficient (Wildman–Crippen LogP) is 1.13. The molecular formula is C14H12N4O3S. The minimum Gasteiger partial charge on any atom is -0.361 e. The van der Waals surface area contributed by atoms with E-state index in [4.69, 9.17) is 5.14 Å². The molecule has 1 aromatic heterocycles. The number of nitrogens with one attached hydrogen (secondary N) is 2. The second-order valence-corrected chi connectivity index (χ2v) is 6.21. The molecule has 1 aromatic carbocycles. The number of carbonyl (C=O) groups is 1. The summed E-state index contributed by atoms with van der Waals surface area (Å²) in [5.74, 6) is -0.225. The van der Waals surface area contributed by atoms with Crippen molar-refractivity contribution in [3.05, 3.63) is 54.5 Å². The molecule has 0 bridgehead atoms. The van der Waals surface area contributed by atoms with Gasteiger partial charge >= 0.3 is 0 Å². The van der Waals surface area contributed by atoms with Crippen molar-refractivity contribution >= 4 is 32.9 Å². The van der Waals surface area contributed by atoms with Gasteiger partial charge in [-0.2, -0.15) is 0 Å². The monoisotopic (exact) mass is 316 g/mol. The van der Waals surface area contributed by atoms with E-state index in [1.165, 1.54) is 12.1 Å². The minimum absolute atomic E-state index is 0.0267. The van der Waals surface area contributed by atoms with Crippen molar-refractivity contribution in [1.82, 2.24) is 4.98 Å². The lowest BCUT2D eigenvalue weighted by Crippen LogP contribution is -2.11. The molecule has 0 atom stereocenters. The van der Waals surface area contributed by atoms with Crippen molar-refractivity contribution in [2.24, 2.45) is 5.14 Å². The van der Waals surface area contributed by atoms with E-state index in [0.717, 1.165) is 0 Å². The second-order valence-electron chi connectivity index (χ2n) is 4.65. The van der Waals surface area contributed by atoms with Crippen molar-refractivity contribution in [2.45, 2.75) is 4.90 Å². The molecule has 22 heavy (non-hydrogen) atoms. The molecule has 8 heteroatoms. The maximum atomic E-state index is 11.9. The highest BCUT2D eigenvalue weighted by atomic mass is 32.2. The Kier molecular flexibility index (Phi) is 3.39. The van der Waals surface area contributed by atoms with E-state index in [0.29, 0.717) is 22.5 Å². The van der Waals surface area contributed by atoms with Crippen LogP contribution in [0.2, 0.25) is 0 Å². The van der Waals surface area contributed by atoms with E-state index in [9.17, 15) is 13.2 Å². The van der Waals surface area contributed by atoms with Gasteiger partial charge in [-0.1, -0.05) is 0 Å². The fraction of sp³-hybridized carbons (Fsp3) is 0. The summed E-state index contributed by atoms with van der Waals surface area (Å²) in [6.45, 7) is 0. The molecule has 3 rings (SSSR count). The fourth-order valence-electron chi connectivity index (χ4n) is 2.07. The largest absolute Gasteiger partial charge is 0.361 e.